The van der Waals surface area contributed by atoms with Crippen LogP contribution in [0.25, 0.3) is 0 Å². The van der Waals surface area contributed by atoms with E-state index in [1.54, 1.807) is 0 Å². The minimum absolute atomic E-state index is 0.0276. The van der Waals surface area contributed by atoms with Crippen LogP contribution in [-0.2, 0) is 34.4 Å². The molecule has 0 atom stereocenters. The molecule has 3 N–H and O–H groups in total. The number of rotatable bonds is 14. The summed E-state index contributed by atoms with van der Waals surface area (Å²) >= 11 is 0. The molecule has 152 valence electrons. The van der Waals surface area contributed by atoms with Gasteiger partial charge in [-0.3, -0.25) is 0 Å². The van der Waals surface area contributed by atoms with Gasteiger partial charge in [-0.15, -0.1) is 0 Å². The Morgan fingerprint density at radius 1 is 0.962 bits per heavy atom. The third-order valence-electron chi connectivity index (χ3n) is 3.14. The molecule has 0 rings (SSSR count). The number of nitrogens with one attached hydrogen (secondary N) is 2. The highest BCUT2D eigenvalue weighted by molar-refractivity contribution is 7.89. The van der Waals surface area contributed by atoms with Crippen LogP contribution in [0.2, 0.25) is 0 Å². The Morgan fingerprint density at radius 3 is 1.92 bits per heavy atom. The zero-order valence-corrected chi connectivity index (χ0v) is 16.5. The molecule has 0 aromatic carbocycles. The van der Waals surface area contributed by atoms with Crippen molar-refractivity contribution in [2.75, 3.05) is 31.2 Å². The van der Waals surface area contributed by atoms with E-state index in [2.05, 4.69) is 9.44 Å². The van der Waals surface area contributed by atoms with Gasteiger partial charge >= 0.3 is 11.9 Å². The molecule has 0 aromatic rings. The summed E-state index contributed by atoms with van der Waals surface area (Å²) in [6, 6.07) is 0. The van der Waals surface area contributed by atoms with Gasteiger partial charge < -0.3 is 9.84 Å². The molecule has 0 fully saturated rings. The average molecular weight is 415 g/mol. The predicted octanol–water partition coefficient (Wildman–Crippen LogP) is -0.410. The largest absolute Gasteiger partial charge is 0.478 e. The van der Waals surface area contributed by atoms with E-state index in [0.29, 0.717) is 0 Å². The van der Waals surface area contributed by atoms with E-state index in [9.17, 15) is 26.4 Å². The van der Waals surface area contributed by atoms with E-state index in [4.69, 9.17) is 9.84 Å². The standard InChI is InChI=1S/C14H26N2O8S2/c1-3-25(20,21)15-8-5-7-12(11-13(17)18)14(19)24-10-6-9-16-26(22,23)4-2/h11,15-16H,3-10H2,1-2H3,(H,17,18). The van der Waals surface area contributed by atoms with Gasteiger partial charge in [-0.25, -0.2) is 35.9 Å². The Morgan fingerprint density at radius 2 is 1.46 bits per heavy atom. The van der Waals surface area contributed by atoms with Crippen molar-refractivity contribution < 1.29 is 36.3 Å². The molecule has 0 aliphatic carbocycles. The zero-order chi connectivity index (χ0) is 20.2. The highest BCUT2D eigenvalue weighted by Crippen LogP contribution is 2.08. The molecule has 0 radical (unpaired) electrons. The number of hydrogen-bond acceptors (Lipinski definition) is 7. The molecule has 0 bridgehead atoms. The first-order valence-corrected chi connectivity index (χ1v) is 11.4. The van der Waals surface area contributed by atoms with E-state index in [-0.39, 0.29) is 56.0 Å². The van der Waals surface area contributed by atoms with Crippen LogP contribution in [0.5, 0.6) is 0 Å². The van der Waals surface area contributed by atoms with Crippen LogP contribution in [0.15, 0.2) is 11.6 Å². The highest BCUT2D eigenvalue weighted by atomic mass is 32.2. The molecule has 0 spiro atoms. The minimum atomic E-state index is -3.35. The molecule has 26 heavy (non-hydrogen) atoms. The van der Waals surface area contributed by atoms with Crippen molar-refractivity contribution in [3.8, 4) is 0 Å². The Balaban J connectivity index is 4.38. The van der Waals surface area contributed by atoms with Crippen LogP contribution in [0.1, 0.15) is 33.1 Å². The quantitative estimate of drug-likeness (QED) is 0.197. The van der Waals surface area contributed by atoms with Gasteiger partial charge in [0.25, 0.3) is 0 Å². The van der Waals surface area contributed by atoms with Gasteiger partial charge in [-0.05, 0) is 33.1 Å². The lowest BCUT2D eigenvalue weighted by Gasteiger charge is -2.09. The second-order valence-electron chi connectivity index (χ2n) is 5.20. The zero-order valence-electron chi connectivity index (χ0n) is 14.9. The smallest absolute Gasteiger partial charge is 0.334 e. The van der Waals surface area contributed by atoms with E-state index >= 15 is 0 Å². The number of carboxylic acids is 1. The first kappa shape index (κ1) is 24.5. The third kappa shape index (κ3) is 12.0. The number of carboxylic acid groups (broad SMARTS) is 1. The van der Waals surface area contributed by atoms with Crippen molar-refractivity contribution in [3.05, 3.63) is 11.6 Å². The number of esters is 1. The topological polar surface area (TPSA) is 156 Å². The summed E-state index contributed by atoms with van der Waals surface area (Å²) < 4.78 is 54.6. The number of carbonyl (C=O) groups is 2. The SMILES string of the molecule is CCS(=O)(=O)NCCCOC(=O)C(=CC(=O)O)CCCNS(=O)(=O)CC. The fourth-order valence-corrected chi connectivity index (χ4v) is 2.97. The molecular weight excluding hydrogens is 388 g/mol. The maximum Gasteiger partial charge on any atom is 0.334 e. The summed E-state index contributed by atoms with van der Waals surface area (Å²) in [5.41, 5.74) is -0.0951. The summed E-state index contributed by atoms with van der Waals surface area (Å²) in [6.45, 7) is 3.06. The second kappa shape index (κ2) is 12.0. The Bertz CT molecular complexity index is 698. The van der Waals surface area contributed by atoms with Crippen LogP contribution in [0.3, 0.4) is 0 Å². The monoisotopic (exact) mass is 414 g/mol. The number of ether oxygens (including phenoxy) is 1. The lowest BCUT2D eigenvalue weighted by molar-refractivity contribution is -0.140. The third-order valence-corrected chi connectivity index (χ3v) is 5.95. The van der Waals surface area contributed by atoms with Crippen molar-refractivity contribution in [1.82, 2.24) is 9.44 Å². The maximum atomic E-state index is 11.9. The molecular formula is C14H26N2O8S2. The van der Waals surface area contributed by atoms with Gasteiger partial charge in [0.2, 0.25) is 20.0 Å². The molecule has 0 aromatic heterocycles. The lowest BCUT2D eigenvalue weighted by Crippen LogP contribution is -2.27. The van der Waals surface area contributed by atoms with Crippen molar-refractivity contribution in [1.29, 1.82) is 0 Å². The first-order chi connectivity index (χ1) is 12.0. The first-order valence-electron chi connectivity index (χ1n) is 8.08. The summed E-state index contributed by atoms with van der Waals surface area (Å²) in [5, 5.41) is 8.81. The van der Waals surface area contributed by atoms with Crippen molar-refractivity contribution in [3.63, 3.8) is 0 Å². The molecule has 10 nitrogen and oxygen atoms in total. The molecule has 0 aliphatic heterocycles. The summed E-state index contributed by atoms with van der Waals surface area (Å²) in [5.74, 6) is -2.28. The van der Waals surface area contributed by atoms with Gasteiger partial charge in [-0.2, -0.15) is 0 Å². The number of hydrogen-bond donors (Lipinski definition) is 3. The number of carbonyl (C=O) groups excluding carboxylic acids is 1. The average Bonchev–Trinajstić information content (AvgIpc) is 2.56. The van der Waals surface area contributed by atoms with Crippen LogP contribution < -0.4 is 9.44 Å². The fourth-order valence-electron chi connectivity index (χ4n) is 1.65. The van der Waals surface area contributed by atoms with Crippen molar-refractivity contribution >= 4 is 32.0 Å². The van der Waals surface area contributed by atoms with Gasteiger partial charge in [0.15, 0.2) is 0 Å². The van der Waals surface area contributed by atoms with Crippen LogP contribution in [0.4, 0.5) is 0 Å². The van der Waals surface area contributed by atoms with Crippen LogP contribution >= 0.6 is 0 Å². The van der Waals surface area contributed by atoms with E-state index < -0.39 is 32.0 Å². The number of sulfonamides is 2. The lowest BCUT2D eigenvalue weighted by atomic mass is 10.1. The summed E-state index contributed by atoms with van der Waals surface area (Å²) in [4.78, 5) is 22.7. The van der Waals surface area contributed by atoms with Crippen LogP contribution in [0, 0.1) is 0 Å². The van der Waals surface area contributed by atoms with E-state index in [1.165, 1.54) is 13.8 Å². The summed E-state index contributed by atoms with van der Waals surface area (Å²) in [7, 11) is -6.67. The second-order valence-corrected chi connectivity index (χ2v) is 9.39. The normalized spacial score (nSPS) is 12.8. The molecule has 0 heterocycles. The molecule has 0 saturated heterocycles. The minimum Gasteiger partial charge on any atom is -0.478 e. The molecule has 0 amide bonds. The van der Waals surface area contributed by atoms with Gasteiger partial charge in [0.05, 0.1) is 18.1 Å². The summed E-state index contributed by atoms with van der Waals surface area (Å²) in [6.07, 6.45) is 1.21. The Hall–Kier alpha value is -1.50. The van der Waals surface area contributed by atoms with Crippen molar-refractivity contribution in [2.45, 2.75) is 33.1 Å². The Labute approximate surface area is 154 Å². The highest BCUT2D eigenvalue weighted by Gasteiger charge is 2.14. The molecule has 0 unspecified atom stereocenters. The predicted molar refractivity (Wildman–Crippen MR) is 95.5 cm³/mol. The van der Waals surface area contributed by atoms with Crippen LogP contribution in [-0.4, -0.2) is 65.1 Å². The molecule has 0 aliphatic rings. The van der Waals surface area contributed by atoms with Gasteiger partial charge in [-0.1, -0.05) is 0 Å². The fraction of sp³-hybridized carbons (Fsp3) is 0.714. The number of aliphatic carboxylic acids is 1. The van der Waals surface area contributed by atoms with Gasteiger partial charge in [0.1, 0.15) is 0 Å². The molecule has 12 heteroatoms. The van der Waals surface area contributed by atoms with E-state index in [1.807, 2.05) is 0 Å². The van der Waals surface area contributed by atoms with E-state index in [0.717, 1.165) is 6.08 Å². The Kier molecular flexibility index (Phi) is 11.3. The molecule has 0 saturated carbocycles. The van der Waals surface area contributed by atoms with Gasteiger partial charge in [0, 0.05) is 24.7 Å². The maximum absolute atomic E-state index is 11.9. The van der Waals surface area contributed by atoms with Crippen molar-refractivity contribution in [2.24, 2.45) is 0 Å².